The second-order valence-corrected chi connectivity index (χ2v) is 7.31. The number of carbonyl (C=O) groups excluding carboxylic acids is 2. The van der Waals surface area contributed by atoms with Gasteiger partial charge in [0.15, 0.2) is 0 Å². The van der Waals surface area contributed by atoms with Crippen molar-refractivity contribution < 1.29 is 23.8 Å². The first-order valence-electron chi connectivity index (χ1n) is 7.98. The monoisotopic (exact) mass is 452 g/mol. The van der Waals surface area contributed by atoms with Crippen molar-refractivity contribution in [3.05, 3.63) is 52.0 Å². The number of hydrogen-bond acceptors (Lipinski definition) is 8. The molecule has 11 heteroatoms. The lowest BCUT2D eigenvalue weighted by atomic mass is 10.1. The van der Waals surface area contributed by atoms with Gasteiger partial charge in [0.05, 0.1) is 29.5 Å². The van der Waals surface area contributed by atoms with Gasteiger partial charge < -0.3 is 24.4 Å². The Balaban J connectivity index is 1.65. The number of aromatic nitrogens is 2. The largest absolute Gasteiger partial charge is 0.545 e. The normalized spacial score (nSPS) is 10.6. The molecule has 0 radical (unpaired) electrons. The van der Waals surface area contributed by atoms with Crippen molar-refractivity contribution in [2.24, 2.45) is 0 Å². The summed E-state index contributed by atoms with van der Waals surface area (Å²) in [6.07, 6.45) is 0. The van der Waals surface area contributed by atoms with Crippen LogP contribution in [0.25, 0.3) is 11.5 Å². The number of carboxylic acids is 1. The zero-order valence-corrected chi connectivity index (χ0v) is 17.1. The Kier molecular flexibility index (Phi) is 6.63. The summed E-state index contributed by atoms with van der Waals surface area (Å²) in [6.45, 7) is 0. The van der Waals surface area contributed by atoms with Crippen LogP contribution in [0.4, 0.5) is 5.69 Å². The molecule has 29 heavy (non-hydrogen) atoms. The Hall–Kier alpha value is -2.75. The minimum Gasteiger partial charge on any atom is -0.545 e. The average molecular weight is 453 g/mol. The van der Waals surface area contributed by atoms with Crippen LogP contribution in [0.15, 0.2) is 46.0 Å². The Morgan fingerprint density at radius 3 is 2.59 bits per heavy atom. The molecular formula is C18H12Cl2N3O5S-. The molecule has 1 N–H and O–H groups in total. The van der Waals surface area contributed by atoms with Gasteiger partial charge in [0.25, 0.3) is 5.22 Å². The van der Waals surface area contributed by atoms with Crippen molar-refractivity contribution in [2.45, 2.75) is 5.22 Å². The molecule has 3 rings (SSSR count). The number of rotatable bonds is 7. The number of ether oxygens (including phenoxy) is 1. The van der Waals surface area contributed by atoms with Crippen LogP contribution in [0.1, 0.15) is 10.4 Å². The van der Waals surface area contributed by atoms with Crippen molar-refractivity contribution in [3.63, 3.8) is 0 Å². The molecule has 0 bridgehead atoms. The number of hydrogen-bond donors (Lipinski definition) is 1. The van der Waals surface area contributed by atoms with Crippen molar-refractivity contribution in [3.8, 4) is 17.2 Å². The summed E-state index contributed by atoms with van der Waals surface area (Å²) in [6, 6.07) is 9.49. The number of thioether (sulfide) groups is 1. The van der Waals surface area contributed by atoms with E-state index in [1.54, 1.807) is 31.4 Å². The van der Waals surface area contributed by atoms with Crippen molar-refractivity contribution in [1.82, 2.24) is 10.2 Å². The lowest BCUT2D eigenvalue weighted by Gasteiger charge is -2.14. The van der Waals surface area contributed by atoms with Gasteiger partial charge in [-0.25, -0.2) is 0 Å². The molecule has 2 aromatic carbocycles. The Morgan fingerprint density at radius 2 is 1.93 bits per heavy atom. The molecule has 0 unspecified atom stereocenters. The predicted molar refractivity (Wildman–Crippen MR) is 106 cm³/mol. The second kappa shape index (κ2) is 9.17. The fourth-order valence-corrected chi connectivity index (χ4v) is 3.39. The summed E-state index contributed by atoms with van der Waals surface area (Å²) in [5, 5.41) is 21.7. The molecule has 0 spiro atoms. The molecule has 1 aromatic heterocycles. The summed E-state index contributed by atoms with van der Waals surface area (Å²) >= 11 is 12.8. The van der Waals surface area contributed by atoms with Crippen LogP contribution in [-0.2, 0) is 4.79 Å². The van der Waals surface area contributed by atoms with Gasteiger partial charge in [-0.15, -0.1) is 10.2 Å². The SMILES string of the molecule is COc1ccc(-c2nnc(SCC(=O)Nc3c(Cl)cc(Cl)cc3C(=O)[O-])o2)cc1. The average Bonchev–Trinajstić information content (AvgIpc) is 3.17. The predicted octanol–water partition coefficient (Wildman–Crippen LogP) is 3.15. The third-order valence-corrected chi connectivity index (χ3v) is 4.94. The maximum Gasteiger partial charge on any atom is 0.277 e. The number of nitrogens with zero attached hydrogens (tertiary/aromatic N) is 2. The molecule has 1 amide bonds. The number of carbonyl (C=O) groups is 2. The Morgan fingerprint density at radius 1 is 1.21 bits per heavy atom. The minimum atomic E-state index is -1.52. The second-order valence-electron chi connectivity index (χ2n) is 5.54. The molecule has 0 atom stereocenters. The van der Waals surface area contributed by atoms with Gasteiger partial charge in [-0.2, -0.15) is 0 Å². The first kappa shape index (κ1) is 21.0. The summed E-state index contributed by atoms with van der Waals surface area (Å²) in [4.78, 5) is 23.4. The number of amides is 1. The van der Waals surface area contributed by atoms with Gasteiger partial charge in [-0.1, -0.05) is 35.0 Å². The first-order valence-corrected chi connectivity index (χ1v) is 9.72. The van der Waals surface area contributed by atoms with Gasteiger partial charge in [-0.3, -0.25) is 4.79 Å². The quantitative estimate of drug-likeness (QED) is 0.543. The topological polar surface area (TPSA) is 117 Å². The van der Waals surface area contributed by atoms with Gasteiger partial charge in [-0.05, 0) is 36.4 Å². The molecule has 0 aliphatic carbocycles. The van der Waals surface area contributed by atoms with Crippen LogP contribution >= 0.6 is 35.0 Å². The summed E-state index contributed by atoms with van der Waals surface area (Å²) in [5.41, 5.74) is 0.285. The highest BCUT2D eigenvalue weighted by atomic mass is 35.5. The van der Waals surface area contributed by atoms with Crippen LogP contribution in [0.5, 0.6) is 5.75 Å². The van der Waals surface area contributed by atoms with Crippen LogP contribution in [0.2, 0.25) is 10.0 Å². The summed E-state index contributed by atoms with van der Waals surface area (Å²) in [5.74, 6) is -1.17. The van der Waals surface area contributed by atoms with Crippen molar-refractivity contribution in [2.75, 3.05) is 18.2 Å². The lowest BCUT2D eigenvalue weighted by molar-refractivity contribution is -0.254. The lowest BCUT2D eigenvalue weighted by Crippen LogP contribution is -2.25. The van der Waals surface area contributed by atoms with E-state index < -0.39 is 11.9 Å². The van der Waals surface area contributed by atoms with Crippen LogP contribution in [-0.4, -0.2) is 34.9 Å². The van der Waals surface area contributed by atoms with E-state index in [4.69, 9.17) is 32.4 Å². The Labute approximate surface area is 179 Å². The minimum absolute atomic E-state index is 0.0189. The van der Waals surface area contributed by atoms with E-state index in [2.05, 4.69) is 15.5 Å². The number of nitrogens with one attached hydrogen (secondary N) is 1. The first-order chi connectivity index (χ1) is 13.9. The fourth-order valence-electron chi connectivity index (χ4n) is 2.28. The zero-order valence-electron chi connectivity index (χ0n) is 14.8. The number of benzene rings is 2. The molecule has 3 aromatic rings. The molecule has 8 nitrogen and oxygen atoms in total. The van der Waals surface area contributed by atoms with E-state index in [1.807, 2.05) is 0 Å². The molecule has 1 heterocycles. The van der Waals surface area contributed by atoms with Gasteiger partial charge in [0.2, 0.25) is 11.8 Å². The fraction of sp³-hybridized carbons (Fsp3) is 0.111. The van der Waals surface area contributed by atoms with Crippen molar-refractivity contribution >= 4 is 52.5 Å². The molecule has 150 valence electrons. The number of carboxylic acid groups (broad SMARTS) is 1. The molecule has 0 saturated heterocycles. The molecular weight excluding hydrogens is 441 g/mol. The number of halogens is 2. The maximum atomic E-state index is 12.2. The van der Waals surface area contributed by atoms with Gasteiger partial charge in [0, 0.05) is 16.1 Å². The number of anilines is 1. The number of methoxy groups -OCH3 is 1. The van der Waals surface area contributed by atoms with E-state index in [0.29, 0.717) is 11.3 Å². The van der Waals surface area contributed by atoms with E-state index in [9.17, 15) is 14.7 Å². The van der Waals surface area contributed by atoms with Crippen LogP contribution < -0.4 is 15.2 Å². The van der Waals surface area contributed by atoms with Gasteiger partial charge in [0.1, 0.15) is 5.75 Å². The van der Waals surface area contributed by atoms with Crippen molar-refractivity contribution in [1.29, 1.82) is 0 Å². The third-order valence-electron chi connectivity index (χ3n) is 3.61. The van der Waals surface area contributed by atoms with Crippen LogP contribution in [0.3, 0.4) is 0 Å². The molecule has 0 aliphatic rings. The summed E-state index contributed by atoms with van der Waals surface area (Å²) in [7, 11) is 1.56. The highest BCUT2D eigenvalue weighted by Gasteiger charge is 2.15. The highest BCUT2D eigenvalue weighted by Crippen LogP contribution is 2.30. The van der Waals surface area contributed by atoms with Crippen LogP contribution in [0, 0.1) is 0 Å². The summed E-state index contributed by atoms with van der Waals surface area (Å²) < 4.78 is 10.6. The smallest absolute Gasteiger partial charge is 0.277 e. The van der Waals surface area contributed by atoms with E-state index in [0.717, 1.165) is 17.8 Å². The zero-order chi connectivity index (χ0) is 21.0. The van der Waals surface area contributed by atoms with E-state index >= 15 is 0 Å². The number of aromatic carboxylic acids is 1. The highest BCUT2D eigenvalue weighted by molar-refractivity contribution is 7.99. The van der Waals surface area contributed by atoms with E-state index in [-0.39, 0.29) is 38.2 Å². The maximum absolute atomic E-state index is 12.2. The molecule has 0 saturated carbocycles. The third kappa shape index (κ3) is 5.20. The Bertz CT molecular complexity index is 1060. The van der Waals surface area contributed by atoms with Gasteiger partial charge >= 0.3 is 0 Å². The molecule has 0 fully saturated rings. The standard InChI is InChI=1S/C18H13Cl2N3O5S/c1-27-11-4-2-9(3-5-11)16-22-23-18(28-16)29-8-14(24)21-15-12(17(25)26)6-10(19)7-13(15)20/h2-7H,8H2,1H3,(H,21,24)(H,25,26)/p-1. The van der Waals surface area contributed by atoms with E-state index in [1.165, 1.54) is 6.07 Å². The molecule has 0 aliphatic heterocycles.